The van der Waals surface area contributed by atoms with Crippen LogP contribution in [0.5, 0.6) is 0 Å². The monoisotopic (exact) mass is 326 g/mol. The van der Waals surface area contributed by atoms with Crippen molar-refractivity contribution in [2.45, 2.75) is 44.2 Å². The van der Waals surface area contributed by atoms with Gasteiger partial charge >= 0.3 is 0 Å². The van der Waals surface area contributed by atoms with Crippen LogP contribution in [-0.4, -0.2) is 44.7 Å². The van der Waals surface area contributed by atoms with Gasteiger partial charge in [0.15, 0.2) is 0 Å². The zero-order valence-corrected chi connectivity index (χ0v) is 14.4. The molecule has 3 rings (SSSR count). The maximum absolute atomic E-state index is 12.8. The Kier molecular flexibility index (Phi) is 5.60. The number of benzene rings is 1. The van der Waals surface area contributed by atoms with E-state index in [-0.39, 0.29) is 0 Å². The van der Waals surface area contributed by atoms with Crippen LogP contribution in [0.15, 0.2) is 29.2 Å². The van der Waals surface area contributed by atoms with Gasteiger partial charge in [0, 0.05) is 13.1 Å². The van der Waals surface area contributed by atoms with E-state index in [0.717, 1.165) is 24.9 Å². The molecular weight excluding hydrogens is 300 g/mol. The summed E-state index contributed by atoms with van der Waals surface area (Å²) >= 11 is 0. The number of piperidine rings is 1. The summed E-state index contributed by atoms with van der Waals surface area (Å²) in [6, 6.07) is 7.01. The molecule has 1 N–H and O–H groups in total. The van der Waals surface area contributed by atoms with Gasteiger partial charge in [-0.2, -0.15) is 4.31 Å². The van der Waals surface area contributed by atoms with Crippen LogP contribution >= 0.6 is 0 Å². The van der Waals surface area contributed by atoms with Crippen LogP contribution in [-0.2, 0) is 14.8 Å². The average Bonchev–Trinajstić information content (AvgIpc) is 2.94. The molecular formula is C16H26N2O3S. The van der Waals surface area contributed by atoms with E-state index in [4.69, 9.17) is 4.74 Å². The fourth-order valence-electron chi connectivity index (χ4n) is 2.97. The van der Waals surface area contributed by atoms with Gasteiger partial charge in [0.25, 0.3) is 0 Å². The molecule has 0 aliphatic carbocycles. The Bertz CT molecular complexity index is 578. The molecule has 124 valence electrons. The topological polar surface area (TPSA) is 58.6 Å². The third kappa shape index (κ3) is 3.20. The van der Waals surface area contributed by atoms with E-state index >= 15 is 0 Å². The number of nitrogens with zero attached hydrogens (tertiary/aromatic N) is 1. The Morgan fingerprint density at radius 2 is 1.91 bits per heavy atom. The number of sulfonamides is 1. The highest BCUT2D eigenvalue weighted by Crippen LogP contribution is 2.34. The van der Waals surface area contributed by atoms with Crippen molar-refractivity contribution in [3.05, 3.63) is 29.8 Å². The number of aryl methyl sites for hydroxylation is 1. The van der Waals surface area contributed by atoms with Crippen LogP contribution in [0.1, 0.15) is 32.3 Å². The standard InChI is InChI=1S/C14H20N2O3S.C2H6/c1-12-3-5-13(6-4-12)20(17,18)16-9-10-19-14(16)7-2-8-15-11-14;1-2/h3-6,15H,2,7-11H2,1H3;1-2H3. The molecule has 6 heteroatoms. The van der Waals surface area contributed by atoms with E-state index in [1.807, 2.05) is 32.9 Å². The molecule has 0 amide bonds. The third-order valence-electron chi connectivity index (χ3n) is 4.05. The Labute approximate surface area is 133 Å². The first-order valence-corrected chi connectivity index (χ1v) is 9.43. The molecule has 5 nitrogen and oxygen atoms in total. The van der Waals surface area contributed by atoms with Crippen molar-refractivity contribution in [2.24, 2.45) is 0 Å². The summed E-state index contributed by atoms with van der Waals surface area (Å²) in [7, 11) is -3.50. The number of rotatable bonds is 2. The summed E-state index contributed by atoms with van der Waals surface area (Å²) in [5.74, 6) is 0. The van der Waals surface area contributed by atoms with Gasteiger partial charge in [-0.3, -0.25) is 0 Å². The normalized spacial score (nSPS) is 25.8. The van der Waals surface area contributed by atoms with Crippen molar-refractivity contribution < 1.29 is 13.2 Å². The van der Waals surface area contributed by atoms with Gasteiger partial charge < -0.3 is 10.1 Å². The summed E-state index contributed by atoms with van der Waals surface area (Å²) in [4.78, 5) is 0.346. The van der Waals surface area contributed by atoms with Crippen molar-refractivity contribution in [1.82, 2.24) is 9.62 Å². The highest BCUT2D eigenvalue weighted by Gasteiger charge is 2.49. The fraction of sp³-hybridized carbons (Fsp3) is 0.625. The first-order valence-electron chi connectivity index (χ1n) is 7.99. The third-order valence-corrected chi connectivity index (χ3v) is 6.01. The van der Waals surface area contributed by atoms with Crippen molar-refractivity contribution in [3.63, 3.8) is 0 Å². The van der Waals surface area contributed by atoms with Gasteiger partial charge in [-0.05, 0) is 38.4 Å². The summed E-state index contributed by atoms with van der Waals surface area (Å²) < 4.78 is 33.0. The van der Waals surface area contributed by atoms with E-state index in [1.165, 1.54) is 4.31 Å². The Morgan fingerprint density at radius 3 is 2.50 bits per heavy atom. The molecule has 2 aliphatic heterocycles. The highest BCUT2D eigenvalue weighted by molar-refractivity contribution is 7.89. The molecule has 2 fully saturated rings. The molecule has 1 aromatic carbocycles. The van der Waals surface area contributed by atoms with Crippen molar-refractivity contribution in [1.29, 1.82) is 0 Å². The lowest BCUT2D eigenvalue weighted by atomic mass is 10.0. The zero-order chi connectivity index (χ0) is 16.2. The van der Waals surface area contributed by atoms with Gasteiger partial charge in [-0.1, -0.05) is 31.5 Å². The fourth-order valence-corrected chi connectivity index (χ4v) is 4.66. The average molecular weight is 326 g/mol. The van der Waals surface area contributed by atoms with E-state index < -0.39 is 15.7 Å². The quantitative estimate of drug-likeness (QED) is 0.904. The maximum atomic E-state index is 12.8. The maximum Gasteiger partial charge on any atom is 0.245 e. The smallest absolute Gasteiger partial charge is 0.245 e. The van der Waals surface area contributed by atoms with Crippen LogP contribution in [0, 0.1) is 6.92 Å². The highest BCUT2D eigenvalue weighted by atomic mass is 32.2. The molecule has 1 unspecified atom stereocenters. The molecule has 0 radical (unpaired) electrons. The minimum atomic E-state index is -3.50. The summed E-state index contributed by atoms with van der Waals surface area (Å²) in [5, 5.41) is 3.25. The summed E-state index contributed by atoms with van der Waals surface area (Å²) in [6.45, 7) is 8.33. The number of hydrogen-bond donors (Lipinski definition) is 1. The van der Waals surface area contributed by atoms with Crippen molar-refractivity contribution >= 4 is 10.0 Å². The first kappa shape index (κ1) is 17.4. The molecule has 22 heavy (non-hydrogen) atoms. The van der Waals surface area contributed by atoms with Gasteiger partial charge in [0.1, 0.15) is 5.72 Å². The van der Waals surface area contributed by atoms with E-state index in [1.54, 1.807) is 12.1 Å². The van der Waals surface area contributed by atoms with Gasteiger partial charge in [-0.25, -0.2) is 8.42 Å². The largest absolute Gasteiger partial charge is 0.357 e. The second-order valence-electron chi connectivity index (χ2n) is 5.47. The van der Waals surface area contributed by atoms with E-state index in [9.17, 15) is 8.42 Å². The van der Waals surface area contributed by atoms with Crippen molar-refractivity contribution in [2.75, 3.05) is 26.2 Å². The molecule has 1 aromatic rings. The van der Waals surface area contributed by atoms with Gasteiger partial charge in [-0.15, -0.1) is 0 Å². The van der Waals surface area contributed by atoms with Crippen LogP contribution in [0.4, 0.5) is 0 Å². The molecule has 0 aromatic heterocycles. The minimum Gasteiger partial charge on any atom is -0.357 e. The molecule has 1 atom stereocenters. The van der Waals surface area contributed by atoms with Gasteiger partial charge in [0.05, 0.1) is 11.5 Å². The second-order valence-corrected chi connectivity index (χ2v) is 7.33. The first-order chi connectivity index (χ1) is 10.5. The Balaban J connectivity index is 0.000000847. The van der Waals surface area contributed by atoms with Gasteiger partial charge in [0.2, 0.25) is 10.0 Å². The van der Waals surface area contributed by atoms with Crippen LogP contribution in [0.25, 0.3) is 0 Å². The summed E-state index contributed by atoms with van der Waals surface area (Å²) in [6.07, 6.45) is 1.69. The zero-order valence-electron chi connectivity index (χ0n) is 13.6. The molecule has 2 saturated heterocycles. The number of nitrogens with one attached hydrogen (secondary N) is 1. The number of hydrogen-bond acceptors (Lipinski definition) is 4. The van der Waals surface area contributed by atoms with E-state index in [2.05, 4.69) is 5.32 Å². The molecule has 2 heterocycles. The Morgan fingerprint density at radius 1 is 1.23 bits per heavy atom. The molecule has 2 aliphatic rings. The van der Waals surface area contributed by atoms with Crippen LogP contribution in [0.3, 0.4) is 0 Å². The molecule has 0 saturated carbocycles. The molecule has 1 spiro atoms. The minimum absolute atomic E-state index is 0.346. The van der Waals surface area contributed by atoms with Crippen LogP contribution in [0.2, 0.25) is 0 Å². The number of ether oxygens (including phenoxy) is 1. The summed E-state index contributed by atoms with van der Waals surface area (Å²) in [5.41, 5.74) is 0.359. The second kappa shape index (κ2) is 7.08. The predicted octanol–water partition coefficient (Wildman–Crippen LogP) is 2.12. The SMILES string of the molecule is CC.Cc1ccc(S(=O)(=O)N2CCOC23CCCNC3)cc1. The van der Waals surface area contributed by atoms with E-state index in [0.29, 0.717) is 24.6 Å². The predicted molar refractivity (Wildman–Crippen MR) is 87.2 cm³/mol. The van der Waals surface area contributed by atoms with Crippen LogP contribution < -0.4 is 5.32 Å². The molecule has 0 bridgehead atoms. The lowest BCUT2D eigenvalue weighted by Gasteiger charge is -2.39. The lowest BCUT2D eigenvalue weighted by molar-refractivity contribution is -0.0646. The lowest BCUT2D eigenvalue weighted by Crippen LogP contribution is -2.56. The van der Waals surface area contributed by atoms with Crippen molar-refractivity contribution in [3.8, 4) is 0 Å². The Hall–Kier alpha value is -0.950.